The van der Waals surface area contributed by atoms with E-state index in [9.17, 15) is 0 Å². The smallest absolute Gasteiger partial charge is 0.0699 e. The highest BCUT2D eigenvalue weighted by molar-refractivity contribution is 9.24. The zero-order valence-corrected chi connectivity index (χ0v) is 10.6. The van der Waals surface area contributed by atoms with Crippen LogP contribution in [0.15, 0.2) is 0 Å². The normalized spacial score (nSPS) is 16.3. The molecule has 3 heteroatoms. The lowest BCUT2D eigenvalue weighted by Gasteiger charge is -2.26. The molecule has 0 aliphatic rings. The second kappa shape index (κ2) is 3.53. The Hall–Kier alpha value is 1.18. The van der Waals surface area contributed by atoms with Crippen LogP contribution in [0, 0.1) is 0 Å². The third-order valence-corrected chi connectivity index (χ3v) is 7.37. The predicted molar refractivity (Wildman–Crippen MR) is 54.4 cm³/mol. The van der Waals surface area contributed by atoms with E-state index in [1.165, 1.54) is 0 Å². The lowest BCUT2D eigenvalue weighted by atomic mass is 10.6. The molecule has 0 aromatic rings. The van der Waals surface area contributed by atoms with E-state index in [0.717, 1.165) is 5.54 Å². The number of rotatable bonds is 2. The maximum atomic E-state index is 3.53. The van der Waals surface area contributed by atoms with Crippen molar-refractivity contribution in [3.8, 4) is 0 Å². The number of halogens is 2. The van der Waals surface area contributed by atoms with Crippen molar-refractivity contribution in [1.82, 2.24) is 0 Å². The Morgan fingerprint density at radius 1 is 1.11 bits per heavy atom. The van der Waals surface area contributed by atoms with Crippen molar-refractivity contribution in [1.29, 1.82) is 0 Å². The summed E-state index contributed by atoms with van der Waals surface area (Å²) in [7, 11) is -0.917. The molecule has 0 bridgehead atoms. The monoisotopic (exact) mass is 272 g/mol. The first-order chi connectivity index (χ1) is 3.85. The van der Waals surface area contributed by atoms with E-state index in [1.807, 2.05) is 0 Å². The summed E-state index contributed by atoms with van der Waals surface area (Å²) in [5.41, 5.74) is 0.789. The van der Waals surface area contributed by atoms with E-state index < -0.39 is 8.07 Å². The van der Waals surface area contributed by atoms with Crippen molar-refractivity contribution in [3.63, 3.8) is 0 Å². The molecule has 0 amide bonds. The molecule has 0 N–H and O–H groups in total. The molecule has 0 fully saturated rings. The van der Waals surface area contributed by atoms with Gasteiger partial charge in [0.15, 0.2) is 0 Å². The predicted octanol–water partition coefficient (Wildman–Crippen LogP) is 3.83. The van der Waals surface area contributed by atoms with Crippen molar-refractivity contribution in [2.24, 2.45) is 0 Å². The third kappa shape index (κ3) is 3.78. The average molecular weight is 274 g/mol. The van der Waals surface area contributed by atoms with Gasteiger partial charge >= 0.3 is 0 Å². The van der Waals surface area contributed by atoms with Crippen LogP contribution in [0.25, 0.3) is 0 Å². The molecule has 56 valence electrons. The summed E-state index contributed by atoms with van der Waals surface area (Å²) in [5, 5.41) is 0. The van der Waals surface area contributed by atoms with Gasteiger partial charge < -0.3 is 0 Å². The summed E-state index contributed by atoms with van der Waals surface area (Å²) in [5.74, 6) is 0. The van der Waals surface area contributed by atoms with Crippen LogP contribution in [-0.4, -0.2) is 11.8 Å². The molecule has 0 spiro atoms. The van der Waals surface area contributed by atoms with Crippen LogP contribution in [0.2, 0.25) is 25.2 Å². The molecule has 0 nitrogen and oxygen atoms in total. The Bertz CT molecular complexity index is 85.5. The van der Waals surface area contributed by atoms with Gasteiger partial charge in [-0.3, -0.25) is 0 Å². The van der Waals surface area contributed by atoms with Gasteiger partial charge in [0.25, 0.3) is 0 Å². The molecule has 0 radical (unpaired) electrons. The average Bonchev–Trinajstić information content (AvgIpc) is 1.62. The molecule has 0 aromatic heterocycles. The molecular weight excluding hydrogens is 260 g/mol. The summed E-state index contributed by atoms with van der Waals surface area (Å²) in [6, 6.07) is 0. The first kappa shape index (κ1) is 10.2. The molecule has 0 aliphatic carbocycles. The van der Waals surface area contributed by atoms with Crippen LogP contribution in [0.1, 0.15) is 6.92 Å². The van der Waals surface area contributed by atoms with Crippen LogP contribution in [-0.2, 0) is 0 Å². The molecule has 1 atom stereocenters. The van der Waals surface area contributed by atoms with E-state index in [0.29, 0.717) is 3.74 Å². The maximum Gasteiger partial charge on any atom is 0.0699 e. The number of hydrogen-bond donors (Lipinski definition) is 0. The Kier molecular flexibility index (Phi) is 4.00. The van der Waals surface area contributed by atoms with Gasteiger partial charge in [0, 0.05) is 8.07 Å². The molecule has 0 aromatic carbocycles. The fourth-order valence-electron chi connectivity index (χ4n) is 0.378. The zero-order valence-electron chi connectivity index (χ0n) is 6.41. The highest BCUT2D eigenvalue weighted by Gasteiger charge is 2.26. The molecule has 0 rings (SSSR count). The van der Waals surface area contributed by atoms with Gasteiger partial charge in [-0.2, -0.15) is 0 Å². The summed E-state index contributed by atoms with van der Waals surface area (Å²) in [6.07, 6.45) is 0. The van der Waals surface area contributed by atoms with Gasteiger partial charge in [-0.15, -0.1) is 0 Å². The molecule has 9 heavy (non-hydrogen) atoms. The Morgan fingerprint density at radius 2 is 1.44 bits per heavy atom. The van der Waals surface area contributed by atoms with E-state index in [2.05, 4.69) is 58.4 Å². The van der Waals surface area contributed by atoms with Crippen molar-refractivity contribution >= 4 is 39.9 Å². The molecule has 0 aliphatic heterocycles. The number of hydrogen-bond acceptors (Lipinski definition) is 0. The fourth-order valence-corrected chi connectivity index (χ4v) is 5.89. The summed E-state index contributed by atoms with van der Waals surface area (Å²) < 4.78 is 0.497. The maximum absolute atomic E-state index is 3.53. The van der Waals surface area contributed by atoms with Gasteiger partial charge in [0.2, 0.25) is 0 Å². The minimum absolute atomic E-state index is 0.497. The summed E-state index contributed by atoms with van der Waals surface area (Å²) >= 11 is 7.05. The SMILES string of the molecule is CC(C(Br)Br)[Si](C)(C)C. The first-order valence-corrected chi connectivity index (χ1v) is 8.54. The van der Waals surface area contributed by atoms with Crippen LogP contribution < -0.4 is 0 Å². The van der Waals surface area contributed by atoms with Gasteiger partial charge in [-0.05, 0) is 5.54 Å². The lowest BCUT2D eigenvalue weighted by Crippen LogP contribution is -2.29. The molecule has 0 heterocycles. The van der Waals surface area contributed by atoms with Gasteiger partial charge in [0.05, 0.1) is 3.74 Å². The van der Waals surface area contributed by atoms with Crippen molar-refractivity contribution in [2.45, 2.75) is 35.8 Å². The van der Waals surface area contributed by atoms with E-state index in [1.54, 1.807) is 0 Å². The quantitative estimate of drug-likeness (QED) is 0.530. The minimum Gasteiger partial charge on any atom is -0.0765 e. The van der Waals surface area contributed by atoms with Crippen molar-refractivity contribution in [3.05, 3.63) is 0 Å². The second-order valence-electron chi connectivity index (χ2n) is 3.49. The fraction of sp³-hybridized carbons (Fsp3) is 1.00. The summed E-state index contributed by atoms with van der Waals surface area (Å²) in [6.45, 7) is 9.44. The molecule has 1 unspecified atom stereocenters. The Labute approximate surface area is 75.7 Å². The third-order valence-electron chi connectivity index (χ3n) is 1.74. The minimum atomic E-state index is -0.917. The van der Waals surface area contributed by atoms with E-state index in [-0.39, 0.29) is 0 Å². The summed E-state index contributed by atoms with van der Waals surface area (Å²) in [4.78, 5) is 0. The molecule has 0 saturated heterocycles. The number of alkyl halides is 2. The molecular formula is C6H14Br2Si. The Balaban J connectivity index is 3.88. The zero-order chi connectivity index (χ0) is 7.65. The van der Waals surface area contributed by atoms with Gasteiger partial charge in [0.1, 0.15) is 0 Å². The second-order valence-corrected chi connectivity index (χ2v) is 12.3. The molecule has 0 saturated carbocycles. The highest BCUT2D eigenvalue weighted by Crippen LogP contribution is 2.32. The Morgan fingerprint density at radius 3 is 1.44 bits per heavy atom. The first-order valence-electron chi connectivity index (χ1n) is 3.14. The van der Waals surface area contributed by atoms with Gasteiger partial charge in [-0.25, -0.2) is 0 Å². The van der Waals surface area contributed by atoms with Crippen molar-refractivity contribution < 1.29 is 0 Å². The van der Waals surface area contributed by atoms with E-state index >= 15 is 0 Å². The standard InChI is InChI=1S/C6H14Br2Si/c1-5(6(7)8)9(2,3)4/h5-6H,1-4H3. The van der Waals surface area contributed by atoms with Gasteiger partial charge in [-0.1, -0.05) is 58.4 Å². The largest absolute Gasteiger partial charge is 0.0765 e. The van der Waals surface area contributed by atoms with Crippen LogP contribution >= 0.6 is 31.9 Å². The highest BCUT2D eigenvalue weighted by atomic mass is 79.9. The van der Waals surface area contributed by atoms with Crippen LogP contribution in [0.3, 0.4) is 0 Å². The lowest BCUT2D eigenvalue weighted by molar-refractivity contribution is 1.01. The van der Waals surface area contributed by atoms with Crippen LogP contribution in [0.4, 0.5) is 0 Å². The van der Waals surface area contributed by atoms with Crippen LogP contribution in [0.5, 0.6) is 0 Å². The van der Waals surface area contributed by atoms with E-state index in [4.69, 9.17) is 0 Å². The van der Waals surface area contributed by atoms with Crippen molar-refractivity contribution in [2.75, 3.05) is 0 Å². The topological polar surface area (TPSA) is 0 Å².